The summed E-state index contributed by atoms with van der Waals surface area (Å²) in [7, 11) is 0. The van der Waals surface area contributed by atoms with Crippen molar-refractivity contribution in [1.82, 2.24) is 0 Å². The van der Waals surface area contributed by atoms with Crippen molar-refractivity contribution in [3.8, 4) is 0 Å². The predicted octanol–water partition coefficient (Wildman–Crippen LogP) is 2.16. The highest BCUT2D eigenvalue weighted by Gasteiger charge is 2.43. The molecule has 0 saturated carbocycles. The van der Waals surface area contributed by atoms with Crippen molar-refractivity contribution in [3.63, 3.8) is 0 Å². The highest BCUT2D eigenvalue weighted by atomic mass is 16.4. The standard InChI is InChI=1S/C14H12O4/c15-13(16)10-6-8-18-12(10)14(17)7-5-9-3-1-2-4-11(9)14/h1-4,6,8,17H,5,7H2,(H,15,16). The molecule has 18 heavy (non-hydrogen) atoms. The van der Waals surface area contributed by atoms with Crippen LogP contribution in [-0.2, 0) is 12.0 Å². The highest BCUT2D eigenvalue weighted by Crippen LogP contribution is 2.43. The molecule has 92 valence electrons. The fraction of sp³-hybridized carbons (Fsp3) is 0.214. The number of aromatic carboxylic acids is 1. The molecule has 1 aliphatic carbocycles. The fourth-order valence-electron chi connectivity index (χ4n) is 2.63. The number of carboxylic acids is 1. The van der Waals surface area contributed by atoms with E-state index in [-0.39, 0.29) is 11.3 Å². The summed E-state index contributed by atoms with van der Waals surface area (Å²) in [6.45, 7) is 0. The number of hydrogen-bond acceptors (Lipinski definition) is 3. The molecular formula is C14H12O4. The van der Waals surface area contributed by atoms with Crippen LogP contribution in [0.5, 0.6) is 0 Å². The maximum Gasteiger partial charge on any atom is 0.339 e. The van der Waals surface area contributed by atoms with Gasteiger partial charge in [0.05, 0.1) is 6.26 Å². The zero-order valence-corrected chi connectivity index (χ0v) is 9.59. The van der Waals surface area contributed by atoms with E-state index in [4.69, 9.17) is 9.52 Å². The number of aliphatic hydroxyl groups is 1. The van der Waals surface area contributed by atoms with Crippen molar-refractivity contribution in [1.29, 1.82) is 0 Å². The Kier molecular flexibility index (Phi) is 2.28. The van der Waals surface area contributed by atoms with Gasteiger partial charge in [0.15, 0.2) is 5.76 Å². The van der Waals surface area contributed by atoms with Gasteiger partial charge >= 0.3 is 5.97 Å². The molecule has 0 radical (unpaired) electrons. The number of aryl methyl sites for hydroxylation is 1. The van der Waals surface area contributed by atoms with Gasteiger partial charge in [-0.2, -0.15) is 0 Å². The molecule has 0 aliphatic heterocycles. The van der Waals surface area contributed by atoms with Crippen LogP contribution >= 0.6 is 0 Å². The van der Waals surface area contributed by atoms with E-state index in [1.165, 1.54) is 12.3 Å². The maximum absolute atomic E-state index is 11.1. The molecule has 3 rings (SSSR count). The molecule has 2 aromatic rings. The minimum Gasteiger partial charge on any atom is -0.478 e. The van der Waals surface area contributed by atoms with Gasteiger partial charge in [-0.25, -0.2) is 4.79 Å². The summed E-state index contributed by atoms with van der Waals surface area (Å²) in [4.78, 5) is 11.1. The second-order valence-corrected chi connectivity index (χ2v) is 4.49. The minimum atomic E-state index is -1.33. The monoisotopic (exact) mass is 244 g/mol. The molecular weight excluding hydrogens is 232 g/mol. The number of furan rings is 1. The van der Waals surface area contributed by atoms with Gasteiger partial charge < -0.3 is 14.6 Å². The molecule has 4 heteroatoms. The third-order valence-electron chi connectivity index (χ3n) is 3.49. The Morgan fingerprint density at radius 3 is 2.83 bits per heavy atom. The maximum atomic E-state index is 11.1. The Balaban J connectivity index is 2.18. The van der Waals surface area contributed by atoms with Crippen LogP contribution in [0.2, 0.25) is 0 Å². The molecule has 0 fully saturated rings. The average molecular weight is 244 g/mol. The topological polar surface area (TPSA) is 70.7 Å². The number of carbonyl (C=O) groups is 1. The highest BCUT2D eigenvalue weighted by molar-refractivity contribution is 5.89. The van der Waals surface area contributed by atoms with E-state index in [0.717, 1.165) is 11.1 Å². The Hall–Kier alpha value is -2.07. The van der Waals surface area contributed by atoms with E-state index >= 15 is 0 Å². The molecule has 1 atom stereocenters. The van der Waals surface area contributed by atoms with Crippen molar-refractivity contribution in [2.24, 2.45) is 0 Å². The van der Waals surface area contributed by atoms with Crippen molar-refractivity contribution in [2.45, 2.75) is 18.4 Å². The van der Waals surface area contributed by atoms with E-state index in [9.17, 15) is 9.90 Å². The average Bonchev–Trinajstić information content (AvgIpc) is 2.96. The van der Waals surface area contributed by atoms with Gasteiger partial charge in [-0.1, -0.05) is 24.3 Å². The van der Waals surface area contributed by atoms with Crippen LogP contribution < -0.4 is 0 Å². The lowest BCUT2D eigenvalue weighted by molar-refractivity contribution is 0.0519. The molecule has 0 bridgehead atoms. The van der Waals surface area contributed by atoms with E-state index in [1.54, 1.807) is 0 Å². The fourth-order valence-corrected chi connectivity index (χ4v) is 2.63. The molecule has 1 aromatic heterocycles. The van der Waals surface area contributed by atoms with Gasteiger partial charge in [0, 0.05) is 0 Å². The summed E-state index contributed by atoms with van der Waals surface area (Å²) in [6.07, 6.45) is 2.46. The number of hydrogen-bond donors (Lipinski definition) is 2. The van der Waals surface area contributed by atoms with Crippen LogP contribution in [0.25, 0.3) is 0 Å². The van der Waals surface area contributed by atoms with Crippen LogP contribution in [0.15, 0.2) is 41.0 Å². The SMILES string of the molecule is O=C(O)c1ccoc1C1(O)CCc2ccccc21. The van der Waals surface area contributed by atoms with Crippen LogP contribution in [0, 0.1) is 0 Å². The molecule has 0 amide bonds. The third-order valence-corrected chi connectivity index (χ3v) is 3.49. The van der Waals surface area contributed by atoms with Crippen molar-refractivity contribution in [3.05, 3.63) is 59.0 Å². The lowest BCUT2D eigenvalue weighted by Crippen LogP contribution is -2.25. The minimum absolute atomic E-state index is 0.0224. The summed E-state index contributed by atoms with van der Waals surface area (Å²) in [5.74, 6) is -0.962. The number of rotatable bonds is 2. The first kappa shape index (κ1) is 11.0. The zero-order valence-electron chi connectivity index (χ0n) is 9.59. The van der Waals surface area contributed by atoms with Crippen molar-refractivity contribution in [2.75, 3.05) is 0 Å². The summed E-state index contributed by atoms with van der Waals surface area (Å²) in [5, 5.41) is 19.9. The lowest BCUT2D eigenvalue weighted by Gasteiger charge is -2.22. The first-order valence-corrected chi connectivity index (χ1v) is 5.75. The zero-order chi connectivity index (χ0) is 12.8. The predicted molar refractivity (Wildman–Crippen MR) is 63.4 cm³/mol. The largest absolute Gasteiger partial charge is 0.478 e. The molecule has 1 unspecified atom stereocenters. The molecule has 2 N–H and O–H groups in total. The van der Waals surface area contributed by atoms with Gasteiger partial charge in [0.2, 0.25) is 0 Å². The van der Waals surface area contributed by atoms with E-state index < -0.39 is 11.6 Å². The van der Waals surface area contributed by atoms with Crippen LogP contribution in [-0.4, -0.2) is 16.2 Å². The Bertz CT molecular complexity index is 614. The quantitative estimate of drug-likeness (QED) is 0.849. The van der Waals surface area contributed by atoms with Gasteiger partial charge in [0.25, 0.3) is 0 Å². The second kappa shape index (κ2) is 3.71. The van der Waals surface area contributed by atoms with Gasteiger partial charge in [-0.05, 0) is 30.0 Å². The van der Waals surface area contributed by atoms with Crippen LogP contribution in [0.4, 0.5) is 0 Å². The van der Waals surface area contributed by atoms with E-state index in [0.29, 0.717) is 12.8 Å². The van der Waals surface area contributed by atoms with E-state index in [2.05, 4.69) is 0 Å². The van der Waals surface area contributed by atoms with Gasteiger partial charge in [-0.15, -0.1) is 0 Å². The molecule has 1 aliphatic rings. The summed E-state index contributed by atoms with van der Waals surface area (Å²) < 4.78 is 5.24. The number of benzene rings is 1. The van der Waals surface area contributed by atoms with Crippen molar-refractivity contribution >= 4 is 5.97 Å². The third kappa shape index (κ3) is 1.39. The first-order chi connectivity index (χ1) is 8.63. The van der Waals surface area contributed by atoms with E-state index in [1.807, 2.05) is 24.3 Å². The van der Waals surface area contributed by atoms with Crippen LogP contribution in [0.1, 0.15) is 33.7 Å². The Morgan fingerprint density at radius 1 is 1.28 bits per heavy atom. The number of carboxylic acid groups (broad SMARTS) is 1. The summed E-state index contributed by atoms with van der Waals surface area (Å²) in [5.41, 5.74) is 0.470. The molecule has 4 nitrogen and oxygen atoms in total. The molecule has 0 saturated heterocycles. The molecule has 1 aromatic carbocycles. The van der Waals surface area contributed by atoms with Gasteiger partial charge in [0.1, 0.15) is 11.2 Å². The normalized spacial score (nSPS) is 21.8. The molecule has 0 spiro atoms. The Morgan fingerprint density at radius 2 is 2.06 bits per heavy atom. The van der Waals surface area contributed by atoms with Crippen molar-refractivity contribution < 1.29 is 19.4 Å². The lowest BCUT2D eigenvalue weighted by atomic mass is 9.91. The summed E-state index contributed by atoms with van der Waals surface area (Å²) >= 11 is 0. The summed E-state index contributed by atoms with van der Waals surface area (Å²) in [6, 6.07) is 8.87. The molecule has 1 heterocycles. The number of fused-ring (bicyclic) bond motifs is 1. The first-order valence-electron chi connectivity index (χ1n) is 5.75. The van der Waals surface area contributed by atoms with Gasteiger partial charge in [-0.3, -0.25) is 0 Å². The second-order valence-electron chi connectivity index (χ2n) is 4.49. The smallest absolute Gasteiger partial charge is 0.339 e. The van der Waals surface area contributed by atoms with Crippen LogP contribution in [0.3, 0.4) is 0 Å². The Labute approximate surface area is 103 Å².